The van der Waals surface area contributed by atoms with Crippen LogP contribution in [0.1, 0.15) is 43.5 Å². The maximum atomic E-state index is 12.6. The molecule has 5 heteroatoms. The average Bonchev–Trinajstić information content (AvgIpc) is 2.70. The Morgan fingerprint density at radius 2 is 1.93 bits per heavy atom. The topological polar surface area (TPSA) is 68.3 Å². The number of hydrogen-bond donors (Lipinski definition) is 1. The van der Waals surface area contributed by atoms with Crippen molar-refractivity contribution in [3.63, 3.8) is 0 Å². The second-order valence-electron chi connectivity index (χ2n) is 6.50. The fraction of sp³-hybridized carbons (Fsp3) is 0.136. The summed E-state index contributed by atoms with van der Waals surface area (Å²) in [6.07, 6.45) is 1.83. The summed E-state index contributed by atoms with van der Waals surface area (Å²) >= 11 is 0. The maximum Gasteiger partial charge on any atom is 0.339 e. The van der Waals surface area contributed by atoms with Gasteiger partial charge in [-0.1, -0.05) is 36.4 Å². The minimum atomic E-state index is -0.363. The Labute approximate surface area is 157 Å². The van der Waals surface area contributed by atoms with Gasteiger partial charge in [-0.05, 0) is 47.9 Å². The SMILES string of the molecule is Cc1cccnc1NC(=O)c1ccc2c(c1)CC(c1ccccc1)OC2=O. The molecule has 0 saturated carbocycles. The Balaban J connectivity index is 1.60. The van der Waals surface area contributed by atoms with Crippen LogP contribution in [0.2, 0.25) is 0 Å². The summed E-state index contributed by atoms with van der Waals surface area (Å²) in [5, 5.41) is 2.82. The normalized spacial score (nSPS) is 15.6. The third-order valence-electron chi connectivity index (χ3n) is 4.65. The van der Waals surface area contributed by atoms with Gasteiger partial charge in [0.25, 0.3) is 5.91 Å². The first kappa shape index (κ1) is 17.0. The maximum absolute atomic E-state index is 12.6. The number of pyridine rings is 1. The Hall–Kier alpha value is -3.47. The largest absolute Gasteiger partial charge is 0.454 e. The lowest BCUT2D eigenvalue weighted by molar-refractivity contribution is 0.0252. The minimum Gasteiger partial charge on any atom is -0.454 e. The molecule has 1 aromatic heterocycles. The molecule has 1 N–H and O–H groups in total. The number of amides is 1. The van der Waals surface area contributed by atoms with Gasteiger partial charge in [0.1, 0.15) is 11.9 Å². The number of hydrogen-bond acceptors (Lipinski definition) is 4. The number of ether oxygens (including phenoxy) is 1. The fourth-order valence-corrected chi connectivity index (χ4v) is 3.19. The second kappa shape index (κ2) is 7.03. The number of fused-ring (bicyclic) bond motifs is 1. The van der Waals surface area contributed by atoms with Gasteiger partial charge in [0.15, 0.2) is 0 Å². The molecule has 0 fully saturated rings. The number of nitrogens with one attached hydrogen (secondary N) is 1. The van der Waals surface area contributed by atoms with Crippen LogP contribution in [0.3, 0.4) is 0 Å². The number of aromatic nitrogens is 1. The molecule has 1 atom stereocenters. The van der Waals surface area contributed by atoms with Gasteiger partial charge in [0.05, 0.1) is 5.56 Å². The van der Waals surface area contributed by atoms with Crippen molar-refractivity contribution in [1.82, 2.24) is 4.98 Å². The summed E-state index contributed by atoms with van der Waals surface area (Å²) in [7, 11) is 0. The van der Waals surface area contributed by atoms with Crippen LogP contribution in [-0.4, -0.2) is 16.9 Å². The van der Waals surface area contributed by atoms with E-state index in [4.69, 9.17) is 4.74 Å². The summed E-state index contributed by atoms with van der Waals surface area (Å²) in [5.74, 6) is -0.0887. The molecule has 134 valence electrons. The molecular weight excluding hydrogens is 340 g/mol. The molecule has 1 aliphatic rings. The number of rotatable bonds is 3. The minimum absolute atomic E-state index is 0.255. The predicted molar refractivity (Wildman–Crippen MR) is 102 cm³/mol. The van der Waals surface area contributed by atoms with Gasteiger partial charge in [-0.2, -0.15) is 0 Å². The van der Waals surface area contributed by atoms with Crippen molar-refractivity contribution >= 4 is 17.7 Å². The number of benzene rings is 2. The van der Waals surface area contributed by atoms with Crippen LogP contribution in [0, 0.1) is 6.92 Å². The van der Waals surface area contributed by atoms with Gasteiger partial charge >= 0.3 is 5.97 Å². The monoisotopic (exact) mass is 358 g/mol. The molecule has 0 radical (unpaired) electrons. The Morgan fingerprint density at radius 3 is 2.70 bits per heavy atom. The van der Waals surface area contributed by atoms with E-state index in [0.29, 0.717) is 23.4 Å². The molecule has 1 amide bonds. The van der Waals surface area contributed by atoms with Gasteiger partial charge in [-0.25, -0.2) is 9.78 Å². The van der Waals surface area contributed by atoms with Crippen molar-refractivity contribution < 1.29 is 14.3 Å². The standard InChI is InChI=1S/C22H18N2O3/c1-14-6-5-11-23-20(14)24-21(25)16-9-10-18-17(12-16)13-19(27-22(18)26)15-7-3-2-4-8-15/h2-12,19H,13H2,1H3,(H,23,24,25). The molecule has 2 aromatic carbocycles. The molecule has 5 nitrogen and oxygen atoms in total. The van der Waals surface area contributed by atoms with E-state index < -0.39 is 0 Å². The molecule has 0 saturated heterocycles. The van der Waals surface area contributed by atoms with E-state index in [1.54, 1.807) is 24.4 Å². The fourth-order valence-electron chi connectivity index (χ4n) is 3.19. The Kier molecular flexibility index (Phi) is 4.42. The Bertz CT molecular complexity index is 1020. The third-order valence-corrected chi connectivity index (χ3v) is 4.65. The number of cyclic esters (lactones) is 1. The van der Waals surface area contributed by atoms with Gasteiger partial charge < -0.3 is 10.1 Å². The number of aryl methyl sites for hydroxylation is 1. The van der Waals surface area contributed by atoms with E-state index >= 15 is 0 Å². The van der Waals surface area contributed by atoms with Crippen LogP contribution in [0.25, 0.3) is 0 Å². The zero-order valence-corrected chi connectivity index (χ0v) is 14.8. The smallest absolute Gasteiger partial charge is 0.339 e. The highest BCUT2D eigenvalue weighted by Gasteiger charge is 2.28. The van der Waals surface area contributed by atoms with Crippen LogP contribution in [0.4, 0.5) is 5.82 Å². The van der Waals surface area contributed by atoms with Crippen molar-refractivity contribution in [1.29, 1.82) is 0 Å². The van der Waals surface area contributed by atoms with Gasteiger partial charge in [0, 0.05) is 18.2 Å². The molecular formula is C22H18N2O3. The number of anilines is 1. The third kappa shape index (κ3) is 3.44. The van der Waals surface area contributed by atoms with Crippen LogP contribution >= 0.6 is 0 Å². The number of carbonyl (C=O) groups excluding carboxylic acids is 2. The molecule has 1 aliphatic heterocycles. The Morgan fingerprint density at radius 1 is 1.11 bits per heavy atom. The van der Waals surface area contributed by atoms with Gasteiger partial charge in [0.2, 0.25) is 0 Å². The zero-order chi connectivity index (χ0) is 18.8. The lowest BCUT2D eigenvalue weighted by Crippen LogP contribution is -2.23. The van der Waals surface area contributed by atoms with E-state index in [-0.39, 0.29) is 18.0 Å². The van der Waals surface area contributed by atoms with Crippen molar-refractivity contribution in [2.75, 3.05) is 5.32 Å². The zero-order valence-electron chi connectivity index (χ0n) is 14.8. The molecule has 4 rings (SSSR count). The highest BCUT2D eigenvalue weighted by atomic mass is 16.5. The van der Waals surface area contributed by atoms with Crippen LogP contribution in [0.15, 0.2) is 66.9 Å². The molecule has 2 heterocycles. The summed E-state index contributed by atoms with van der Waals surface area (Å²) in [4.78, 5) is 29.2. The molecule has 1 unspecified atom stereocenters. The first-order chi connectivity index (χ1) is 13.1. The van der Waals surface area contributed by atoms with E-state index in [9.17, 15) is 9.59 Å². The highest BCUT2D eigenvalue weighted by Crippen LogP contribution is 2.31. The van der Waals surface area contributed by atoms with E-state index in [2.05, 4.69) is 10.3 Å². The summed E-state index contributed by atoms with van der Waals surface area (Å²) in [6, 6.07) is 18.4. The van der Waals surface area contributed by atoms with Crippen molar-refractivity contribution in [3.8, 4) is 0 Å². The number of nitrogens with zero attached hydrogens (tertiary/aromatic N) is 1. The van der Waals surface area contributed by atoms with E-state index in [0.717, 1.165) is 16.7 Å². The second-order valence-corrected chi connectivity index (χ2v) is 6.50. The van der Waals surface area contributed by atoms with E-state index in [1.165, 1.54) is 0 Å². The average molecular weight is 358 g/mol. The lowest BCUT2D eigenvalue weighted by Gasteiger charge is -2.25. The predicted octanol–water partition coefficient (Wildman–Crippen LogP) is 4.10. The van der Waals surface area contributed by atoms with Crippen molar-refractivity contribution in [2.24, 2.45) is 0 Å². The number of esters is 1. The van der Waals surface area contributed by atoms with Crippen LogP contribution < -0.4 is 5.32 Å². The van der Waals surface area contributed by atoms with Crippen LogP contribution in [-0.2, 0) is 11.2 Å². The van der Waals surface area contributed by atoms with Crippen molar-refractivity contribution in [2.45, 2.75) is 19.4 Å². The van der Waals surface area contributed by atoms with Gasteiger partial charge in [-0.3, -0.25) is 4.79 Å². The lowest BCUT2D eigenvalue weighted by atomic mass is 9.93. The molecule has 27 heavy (non-hydrogen) atoms. The van der Waals surface area contributed by atoms with E-state index in [1.807, 2.05) is 49.4 Å². The molecule has 3 aromatic rings. The van der Waals surface area contributed by atoms with Crippen LogP contribution in [0.5, 0.6) is 0 Å². The molecule has 0 spiro atoms. The first-order valence-corrected chi connectivity index (χ1v) is 8.73. The quantitative estimate of drug-likeness (QED) is 0.716. The summed E-state index contributed by atoms with van der Waals surface area (Å²) in [5.41, 5.74) is 3.63. The highest BCUT2D eigenvalue weighted by molar-refractivity contribution is 6.05. The van der Waals surface area contributed by atoms with Crippen molar-refractivity contribution in [3.05, 3.63) is 94.7 Å². The summed E-state index contributed by atoms with van der Waals surface area (Å²) < 4.78 is 5.56. The molecule has 0 aliphatic carbocycles. The first-order valence-electron chi connectivity index (χ1n) is 8.73. The summed E-state index contributed by atoms with van der Waals surface area (Å²) in [6.45, 7) is 1.88. The van der Waals surface area contributed by atoms with Gasteiger partial charge in [-0.15, -0.1) is 0 Å². The number of carbonyl (C=O) groups is 2. The molecule has 0 bridgehead atoms.